The summed E-state index contributed by atoms with van der Waals surface area (Å²) in [6.07, 6.45) is 22.7. The van der Waals surface area contributed by atoms with E-state index in [0.29, 0.717) is 53.3 Å². The fraction of sp³-hybridized carbons (Fsp3) is 1.00. The second-order valence-electron chi connectivity index (χ2n) is 19.4. The predicted molar refractivity (Wildman–Crippen MR) is 200 cm³/mol. The highest BCUT2D eigenvalue weighted by Gasteiger charge is 2.57. The Morgan fingerprint density at radius 3 is 0.696 bits per heavy atom. The highest BCUT2D eigenvalue weighted by atomic mass is 27.3. The van der Waals surface area contributed by atoms with Crippen molar-refractivity contribution >= 4 is 15.1 Å². The molecule has 0 aromatic carbocycles. The smallest absolute Gasteiger partial charge is 0.449 e. The van der Waals surface area contributed by atoms with E-state index in [1.807, 2.05) is 0 Å². The van der Waals surface area contributed by atoms with E-state index in [0.717, 1.165) is 38.5 Å². The van der Waals surface area contributed by atoms with Crippen LogP contribution < -0.4 is 0 Å². The van der Waals surface area contributed by atoms with E-state index in [4.69, 9.17) is 11.4 Å². The molecule has 0 spiro atoms. The highest BCUT2D eigenvalue weighted by molar-refractivity contribution is 6.37. The molecule has 3 aliphatic rings. The van der Waals surface area contributed by atoms with Crippen molar-refractivity contribution in [2.24, 2.45) is 53.3 Å². The summed E-state index contributed by atoms with van der Waals surface area (Å²) in [5, 5.41) is 0. The van der Waals surface area contributed by atoms with Gasteiger partial charge in [-0.25, -0.2) is 0 Å². The molecule has 3 aliphatic carbocycles. The Balaban J connectivity index is 2.22. The Kier molecular flexibility index (Phi) is 16.5. The monoisotopic (exact) mass is 661 g/mol. The van der Waals surface area contributed by atoms with Gasteiger partial charge in [0, 0.05) is 16.8 Å². The van der Waals surface area contributed by atoms with Crippen molar-refractivity contribution in [2.45, 2.75) is 215 Å². The van der Waals surface area contributed by atoms with Crippen LogP contribution in [0.3, 0.4) is 0 Å². The Morgan fingerprint density at radius 2 is 0.543 bits per heavy atom. The maximum Gasteiger partial charge on any atom is 0.906 e. The van der Waals surface area contributed by atoms with E-state index in [1.165, 1.54) is 77.0 Å². The van der Waals surface area contributed by atoms with Gasteiger partial charge in [-0.05, 0) is 130 Å². The summed E-state index contributed by atoms with van der Waals surface area (Å²) in [4.78, 5) is 0. The molecular weight excluding hydrogens is 579 g/mol. The van der Waals surface area contributed by atoms with Crippen LogP contribution in [0.1, 0.15) is 199 Å². The van der Waals surface area contributed by atoms with Crippen LogP contribution in [-0.2, 0) is 11.4 Å². The molecule has 0 aromatic heterocycles. The molecule has 0 radical (unpaired) electrons. The summed E-state index contributed by atoms with van der Waals surface area (Å²) in [7, 11) is 0. The lowest BCUT2D eigenvalue weighted by Gasteiger charge is -2.51. The van der Waals surface area contributed by atoms with Gasteiger partial charge in [-0.1, -0.05) is 122 Å². The van der Waals surface area contributed by atoms with Crippen LogP contribution >= 0.6 is 0 Å². The normalized spacial score (nSPS) is 20.0. The molecule has 0 bridgehead atoms. The zero-order valence-electron chi connectivity index (χ0n) is 33.2. The third kappa shape index (κ3) is 11.7. The molecule has 46 heavy (non-hydrogen) atoms. The fourth-order valence-electron chi connectivity index (χ4n) is 11.0. The van der Waals surface area contributed by atoms with Crippen molar-refractivity contribution in [3.8, 4) is 0 Å². The summed E-state index contributed by atoms with van der Waals surface area (Å²) >= 11 is -2.63. The van der Waals surface area contributed by atoms with E-state index < -0.39 is 15.1 Å². The van der Waals surface area contributed by atoms with Gasteiger partial charge in [0.05, 0.1) is 0 Å². The molecule has 3 saturated carbocycles. The first kappa shape index (κ1) is 40.8. The van der Waals surface area contributed by atoms with Crippen molar-refractivity contribution in [3.05, 3.63) is 0 Å². The van der Waals surface area contributed by atoms with E-state index in [1.54, 1.807) is 0 Å². The van der Waals surface area contributed by atoms with Gasteiger partial charge in [0.2, 0.25) is 0 Å². The maximum atomic E-state index is 7.99. The van der Waals surface area contributed by atoms with Crippen LogP contribution in [0.5, 0.6) is 0 Å². The minimum atomic E-state index is -2.63. The highest BCUT2D eigenvalue weighted by Crippen LogP contribution is 2.50. The topological polar surface area (TPSA) is 27.7 Å². The molecular formula is C42H81AlO3. The number of rotatable bonds is 21. The van der Waals surface area contributed by atoms with Crippen LogP contribution in [0.4, 0.5) is 0 Å². The van der Waals surface area contributed by atoms with Gasteiger partial charge in [0.15, 0.2) is 0 Å². The van der Waals surface area contributed by atoms with Crippen LogP contribution in [0.2, 0.25) is 0 Å². The lowest BCUT2D eigenvalue weighted by Crippen LogP contribution is -2.57. The molecule has 0 unspecified atom stereocenters. The van der Waals surface area contributed by atoms with E-state index in [-0.39, 0.29) is 16.8 Å². The fourth-order valence-corrected chi connectivity index (χ4v) is 13.4. The SMILES string of the molecule is CC(C)CC(CC(C)C)([O][Al]([O]C(CC(C)C)(CC(C)C)C1CCCC1)[O]C(CC(C)C)(CC(C)C)C1CCCC1)C1CCCC1. The lowest BCUT2D eigenvalue weighted by atomic mass is 9.75. The van der Waals surface area contributed by atoms with Gasteiger partial charge in [-0.15, -0.1) is 0 Å². The van der Waals surface area contributed by atoms with E-state index >= 15 is 0 Å². The minimum Gasteiger partial charge on any atom is -0.449 e. The van der Waals surface area contributed by atoms with Crippen molar-refractivity contribution in [1.29, 1.82) is 0 Å². The molecule has 0 aromatic rings. The molecule has 0 saturated heterocycles. The van der Waals surface area contributed by atoms with Gasteiger partial charge < -0.3 is 11.4 Å². The zero-order valence-corrected chi connectivity index (χ0v) is 34.4. The average Bonchev–Trinajstić information content (AvgIpc) is 3.70. The number of hydrogen-bond donors (Lipinski definition) is 0. The first-order valence-electron chi connectivity index (χ1n) is 20.6. The molecule has 270 valence electrons. The maximum absolute atomic E-state index is 7.99. The molecule has 0 aliphatic heterocycles. The summed E-state index contributed by atoms with van der Waals surface area (Å²) in [5.41, 5.74) is -0.447. The van der Waals surface area contributed by atoms with E-state index in [9.17, 15) is 0 Å². The van der Waals surface area contributed by atoms with Crippen LogP contribution in [0.25, 0.3) is 0 Å². The zero-order chi connectivity index (χ0) is 34.1. The average molecular weight is 661 g/mol. The third-order valence-electron chi connectivity index (χ3n) is 11.8. The minimum absolute atomic E-state index is 0.149. The molecule has 3 rings (SSSR count). The second-order valence-corrected chi connectivity index (χ2v) is 20.7. The summed E-state index contributed by atoms with van der Waals surface area (Å²) < 4.78 is 24.0. The van der Waals surface area contributed by atoms with Crippen LogP contribution in [-0.4, -0.2) is 32.0 Å². The van der Waals surface area contributed by atoms with Gasteiger partial charge in [-0.3, -0.25) is 0 Å². The Bertz CT molecular complexity index is 690. The first-order chi connectivity index (χ1) is 21.6. The second kappa shape index (κ2) is 18.6. The standard InChI is InChI=1S/3C14H27O.Al/c3*1-11(2)9-14(15,10-12(3)4)13-7-5-6-8-13;/h3*11-13H,5-10H2,1-4H3;/q3*-1;+3. The first-order valence-corrected chi connectivity index (χ1v) is 22.0. The van der Waals surface area contributed by atoms with E-state index in [2.05, 4.69) is 83.1 Å². The van der Waals surface area contributed by atoms with Crippen LogP contribution in [0.15, 0.2) is 0 Å². The van der Waals surface area contributed by atoms with Gasteiger partial charge >= 0.3 is 15.1 Å². The molecule has 0 heterocycles. The summed E-state index contributed by atoms with van der Waals surface area (Å²) in [5.74, 6) is 5.38. The van der Waals surface area contributed by atoms with Gasteiger partial charge in [0.1, 0.15) is 0 Å². The largest absolute Gasteiger partial charge is 0.906 e. The van der Waals surface area contributed by atoms with Crippen molar-refractivity contribution in [1.82, 2.24) is 0 Å². The van der Waals surface area contributed by atoms with Crippen LogP contribution in [0, 0.1) is 53.3 Å². The molecule has 3 nitrogen and oxygen atoms in total. The summed E-state index contributed by atoms with van der Waals surface area (Å²) in [6, 6.07) is 0. The van der Waals surface area contributed by atoms with Crippen molar-refractivity contribution in [2.75, 3.05) is 0 Å². The Labute approximate surface area is 294 Å². The van der Waals surface area contributed by atoms with Gasteiger partial charge in [-0.2, -0.15) is 0 Å². The molecule has 0 atom stereocenters. The molecule has 4 heteroatoms. The number of hydrogen-bond acceptors (Lipinski definition) is 3. The van der Waals surface area contributed by atoms with Crippen molar-refractivity contribution < 1.29 is 11.4 Å². The summed E-state index contributed by atoms with van der Waals surface area (Å²) in [6.45, 7) is 29.1. The lowest BCUT2D eigenvalue weighted by molar-refractivity contribution is -0.152. The predicted octanol–water partition coefficient (Wildman–Crippen LogP) is 13.1. The van der Waals surface area contributed by atoms with Crippen molar-refractivity contribution in [3.63, 3.8) is 0 Å². The molecule has 0 amide bonds. The third-order valence-corrected chi connectivity index (χ3v) is 13.8. The molecule has 0 N–H and O–H groups in total. The molecule has 3 fully saturated rings. The Hall–Kier alpha value is 0.412. The van der Waals surface area contributed by atoms with Gasteiger partial charge in [0.25, 0.3) is 0 Å². The Morgan fingerprint density at radius 1 is 0.370 bits per heavy atom. The quantitative estimate of drug-likeness (QED) is 0.115.